The van der Waals surface area contributed by atoms with Gasteiger partial charge in [0.15, 0.2) is 0 Å². The van der Waals surface area contributed by atoms with E-state index in [0.29, 0.717) is 15.7 Å². The van der Waals surface area contributed by atoms with E-state index in [-0.39, 0.29) is 5.57 Å². The smallest absolute Gasteiger partial charge is 0.266 e. The molecule has 0 bridgehead atoms. The molecular formula is C22H16BrCl2N3O. The third-order valence-corrected chi connectivity index (χ3v) is 5.85. The highest BCUT2D eigenvalue weighted by atomic mass is 79.9. The van der Waals surface area contributed by atoms with Crippen LogP contribution in [0.25, 0.3) is 11.8 Å². The van der Waals surface area contributed by atoms with Crippen LogP contribution in [0.15, 0.2) is 58.6 Å². The second-order valence-electron chi connectivity index (χ2n) is 6.36. The van der Waals surface area contributed by atoms with Crippen molar-refractivity contribution in [2.75, 3.05) is 5.32 Å². The monoisotopic (exact) mass is 487 g/mol. The average Bonchev–Trinajstić information content (AvgIpc) is 2.97. The summed E-state index contributed by atoms with van der Waals surface area (Å²) in [5.74, 6) is -0.473. The Labute approximate surface area is 187 Å². The van der Waals surface area contributed by atoms with E-state index in [2.05, 4.69) is 21.2 Å². The van der Waals surface area contributed by atoms with Gasteiger partial charge in [-0.05, 0) is 77.8 Å². The van der Waals surface area contributed by atoms with Crippen molar-refractivity contribution in [1.82, 2.24) is 4.57 Å². The first-order valence-electron chi connectivity index (χ1n) is 8.64. The minimum atomic E-state index is -0.473. The molecule has 4 nitrogen and oxygen atoms in total. The number of para-hydroxylation sites is 1. The lowest BCUT2D eigenvalue weighted by molar-refractivity contribution is -0.112. The van der Waals surface area contributed by atoms with Crippen molar-refractivity contribution in [3.05, 3.63) is 85.6 Å². The Balaban J connectivity index is 1.96. The van der Waals surface area contributed by atoms with Crippen LogP contribution < -0.4 is 5.32 Å². The zero-order valence-corrected chi connectivity index (χ0v) is 18.7. The summed E-state index contributed by atoms with van der Waals surface area (Å²) in [6.07, 6.45) is 1.59. The van der Waals surface area contributed by atoms with E-state index in [1.807, 2.05) is 48.7 Å². The van der Waals surface area contributed by atoms with Crippen LogP contribution in [0.4, 0.5) is 5.69 Å². The molecule has 0 spiro atoms. The van der Waals surface area contributed by atoms with Gasteiger partial charge in [0.1, 0.15) is 11.6 Å². The van der Waals surface area contributed by atoms with E-state index >= 15 is 0 Å². The van der Waals surface area contributed by atoms with Crippen LogP contribution in [0.5, 0.6) is 0 Å². The molecule has 1 aromatic heterocycles. The molecule has 0 saturated heterocycles. The van der Waals surface area contributed by atoms with Gasteiger partial charge in [0.05, 0.1) is 15.7 Å². The Kier molecular flexibility index (Phi) is 6.49. The summed E-state index contributed by atoms with van der Waals surface area (Å²) < 4.78 is 2.73. The van der Waals surface area contributed by atoms with E-state index in [9.17, 15) is 10.1 Å². The first-order valence-corrected chi connectivity index (χ1v) is 10.2. The number of aryl methyl sites for hydroxylation is 1. The molecule has 0 fully saturated rings. The Morgan fingerprint density at radius 3 is 2.52 bits per heavy atom. The molecule has 1 heterocycles. The van der Waals surface area contributed by atoms with E-state index in [1.54, 1.807) is 30.3 Å². The van der Waals surface area contributed by atoms with Crippen LogP contribution in [0.3, 0.4) is 0 Å². The zero-order valence-electron chi connectivity index (χ0n) is 15.6. The standard InChI is InChI=1S/C22H16BrCl2N3O/c1-13-9-15(14(2)28(13)17-7-8-19(24)20(25)11-17)10-16(12-26)22(29)27-21-6-4-3-5-18(21)23/h3-11H,1-2H3,(H,27,29). The Morgan fingerprint density at radius 2 is 1.86 bits per heavy atom. The van der Waals surface area contributed by atoms with Gasteiger partial charge in [0, 0.05) is 21.5 Å². The number of nitriles is 1. The minimum Gasteiger partial charge on any atom is -0.320 e. The summed E-state index contributed by atoms with van der Waals surface area (Å²) in [5.41, 5.74) is 4.05. The molecule has 0 saturated carbocycles. The van der Waals surface area contributed by atoms with Gasteiger partial charge >= 0.3 is 0 Å². The van der Waals surface area contributed by atoms with Crippen molar-refractivity contribution in [3.63, 3.8) is 0 Å². The first kappa shape index (κ1) is 21.2. The number of hydrogen-bond acceptors (Lipinski definition) is 2. The van der Waals surface area contributed by atoms with Gasteiger partial charge in [-0.1, -0.05) is 35.3 Å². The molecule has 7 heteroatoms. The van der Waals surface area contributed by atoms with E-state index in [1.165, 1.54) is 0 Å². The number of hydrogen-bond donors (Lipinski definition) is 1. The Bertz CT molecular complexity index is 1180. The summed E-state index contributed by atoms with van der Waals surface area (Å²) in [4.78, 5) is 12.6. The normalized spacial score (nSPS) is 11.2. The second kappa shape index (κ2) is 8.87. The highest BCUT2D eigenvalue weighted by Crippen LogP contribution is 2.28. The molecule has 29 heavy (non-hydrogen) atoms. The quantitative estimate of drug-likeness (QED) is 0.327. The van der Waals surface area contributed by atoms with Crippen LogP contribution in [-0.4, -0.2) is 10.5 Å². The van der Waals surface area contributed by atoms with Crippen LogP contribution in [0.2, 0.25) is 10.0 Å². The molecule has 0 aliphatic heterocycles. The fourth-order valence-electron chi connectivity index (χ4n) is 3.01. The van der Waals surface area contributed by atoms with Crippen molar-refractivity contribution in [1.29, 1.82) is 5.26 Å². The lowest BCUT2D eigenvalue weighted by atomic mass is 10.1. The summed E-state index contributed by atoms with van der Waals surface area (Å²) in [5, 5.41) is 13.2. The topological polar surface area (TPSA) is 57.8 Å². The Hall–Kier alpha value is -2.52. The number of nitrogens with zero attached hydrogens (tertiary/aromatic N) is 2. The third kappa shape index (κ3) is 4.56. The van der Waals surface area contributed by atoms with Gasteiger partial charge in [-0.2, -0.15) is 5.26 Å². The largest absolute Gasteiger partial charge is 0.320 e. The highest BCUT2D eigenvalue weighted by molar-refractivity contribution is 9.10. The molecule has 0 aliphatic carbocycles. The van der Waals surface area contributed by atoms with Gasteiger partial charge in [-0.25, -0.2) is 0 Å². The molecule has 0 aliphatic rings. The van der Waals surface area contributed by atoms with Gasteiger partial charge in [0.2, 0.25) is 0 Å². The van der Waals surface area contributed by atoms with E-state index in [0.717, 1.165) is 27.1 Å². The highest BCUT2D eigenvalue weighted by Gasteiger charge is 2.15. The van der Waals surface area contributed by atoms with Gasteiger partial charge < -0.3 is 9.88 Å². The summed E-state index contributed by atoms with van der Waals surface area (Å²) in [6.45, 7) is 3.86. The molecular weight excluding hydrogens is 473 g/mol. The van der Waals surface area contributed by atoms with Crippen molar-refractivity contribution >= 4 is 56.8 Å². The van der Waals surface area contributed by atoms with Crippen LogP contribution in [-0.2, 0) is 4.79 Å². The van der Waals surface area contributed by atoms with E-state index in [4.69, 9.17) is 23.2 Å². The molecule has 1 amide bonds. The minimum absolute atomic E-state index is 0.00939. The summed E-state index contributed by atoms with van der Waals surface area (Å²) in [6, 6.07) is 16.5. The SMILES string of the molecule is Cc1cc(C=C(C#N)C(=O)Nc2ccccc2Br)c(C)n1-c1ccc(Cl)c(Cl)c1. The van der Waals surface area contributed by atoms with Gasteiger partial charge in [0.25, 0.3) is 5.91 Å². The maximum absolute atomic E-state index is 12.6. The molecule has 2 aromatic carbocycles. The zero-order chi connectivity index (χ0) is 21.1. The number of halogens is 3. The molecule has 3 rings (SSSR count). The number of rotatable bonds is 4. The number of anilines is 1. The number of carbonyl (C=O) groups excluding carboxylic acids is 1. The number of carbonyl (C=O) groups is 1. The molecule has 1 N–H and O–H groups in total. The van der Waals surface area contributed by atoms with Crippen LogP contribution in [0, 0.1) is 25.2 Å². The molecule has 0 unspecified atom stereocenters. The van der Waals surface area contributed by atoms with Crippen molar-refractivity contribution in [3.8, 4) is 11.8 Å². The molecule has 3 aromatic rings. The first-order chi connectivity index (χ1) is 13.8. The predicted molar refractivity (Wildman–Crippen MR) is 122 cm³/mol. The number of amides is 1. The maximum atomic E-state index is 12.6. The van der Waals surface area contributed by atoms with Crippen LogP contribution >= 0.6 is 39.1 Å². The lowest BCUT2D eigenvalue weighted by Gasteiger charge is -2.11. The van der Waals surface area contributed by atoms with Gasteiger partial charge in [-0.15, -0.1) is 0 Å². The van der Waals surface area contributed by atoms with E-state index < -0.39 is 5.91 Å². The predicted octanol–water partition coefficient (Wildman–Crippen LogP) is 6.71. The van der Waals surface area contributed by atoms with Crippen molar-refractivity contribution in [2.24, 2.45) is 0 Å². The van der Waals surface area contributed by atoms with Gasteiger partial charge in [-0.3, -0.25) is 4.79 Å². The fourth-order valence-corrected chi connectivity index (χ4v) is 3.69. The van der Waals surface area contributed by atoms with Crippen LogP contribution in [0.1, 0.15) is 17.0 Å². The average molecular weight is 489 g/mol. The number of aromatic nitrogens is 1. The number of nitrogens with one attached hydrogen (secondary N) is 1. The molecule has 0 radical (unpaired) electrons. The summed E-state index contributed by atoms with van der Waals surface area (Å²) in [7, 11) is 0. The second-order valence-corrected chi connectivity index (χ2v) is 8.03. The lowest BCUT2D eigenvalue weighted by Crippen LogP contribution is -2.13. The Morgan fingerprint density at radius 1 is 1.14 bits per heavy atom. The molecule has 0 atom stereocenters. The summed E-state index contributed by atoms with van der Waals surface area (Å²) >= 11 is 15.6. The number of benzene rings is 2. The van der Waals surface area contributed by atoms with Crippen molar-refractivity contribution in [2.45, 2.75) is 13.8 Å². The molecule has 146 valence electrons. The maximum Gasteiger partial charge on any atom is 0.266 e. The third-order valence-electron chi connectivity index (χ3n) is 4.42. The van der Waals surface area contributed by atoms with Crippen molar-refractivity contribution < 1.29 is 4.79 Å². The fraction of sp³-hybridized carbons (Fsp3) is 0.0909.